The molecule has 9 heteroatoms. The van der Waals surface area contributed by atoms with Gasteiger partial charge in [0.05, 0.1) is 6.61 Å². The first-order valence-electron chi connectivity index (χ1n) is 11.6. The van der Waals surface area contributed by atoms with Crippen molar-refractivity contribution in [1.82, 2.24) is 9.47 Å². The van der Waals surface area contributed by atoms with E-state index in [0.29, 0.717) is 36.8 Å². The fourth-order valence-corrected chi connectivity index (χ4v) is 3.85. The number of likely N-dealkylation sites (tertiary alicyclic amines) is 1. The molecule has 0 radical (unpaired) electrons. The number of hydrogen-bond acceptors (Lipinski definition) is 5. The van der Waals surface area contributed by atoms with Gasteiger partial charge in [-0.15, -0.1) is 0 Å². The summed E-state index contributed by atoms with van der Waals surface area (Å²) in [6.45, 7) is 8.78. The van der Waals surface area contributed by atoms with Crippen LogP contribution in [0.25, 0.3) is 0 Å². The maximum Gasteiger partial charge on any atom is 0.413 e. The molecule has 1 saturated heterocycles. The van der Waals surface area contributed by atoms with E-state index in [4.69, 9.17) is 9.47 Å². The van der Waals surface area contributed by atoms with Crippen LogP contribution in [-0.4, -0.2) is 59.9 Å². The van der Waals surface area contributed by atoms with Gasteiger partial charge in [0.25, 0.3) is 5.91 Å². The topological polar surface area (TPSA) is 93.1 Å². The third-order valence-corrected chi connectivity index (χ3v) is 5.58. The zero-order valence-corrected chi connectivity index (χ0v) is 20.5. The summed E-state index contributed by atoms with van der Waals surface area (Å²) < 4.78 is 12.4. The lowest BCUT2D eigenvalue weighted by molar-refractivity contribution is 0.0187. The minimum absolute atomic E-state index is 0.120. The van der Waals surface area contributed by atoms with Crippen molar-refractivity contribution in [2.45, 2.75) is 52.2 Å². The fraction of sp³-hybridized carbons (Fsp3) is 0.480. The Morgan fingerprint density at radius 1 is 1.09 bits per heavy atom. The van der Waals surface area contributed by atoms with E-state index in [1.54, 1.807) is 49.2 Å². The van der Waals surface area contributed by atoms with Gasteiger partial charge < -0.3 is 24.3 Å². The van der Waals surface area contributed by atoms with Crippen molar-refractivity contribution in [2.75, 3.05) is 37.0 Å². The summed E-state index contributed by atoms with van der Waals surface area (Å²) in [4.78, 5) is 40.3. The summed E-state index contributed by atoms with van der Waals surface area (Å²) in [5.41, 5.74) is 1.32. The maximum atomic E-state index is 13.0. The zero-order valence-electron chi connectivity index (χ0n) is 20.5. The molecule has 9 nitrogen and oxygen atoms in total. The van der Waals surface area contributed by atoms with Crippen LogP contribution in [0.1, 0.15) is 57.1 Å². The zero-order chi connectivity index (χ0) is 24.9. The first-order valence-corrected chi connectivity index (χ1v) is 11.6. The van der Waals surface area contributed by atoms with Crippen LogP contribution in [0.4, 0.5) is 21.0 Å². The largest absolute Gasteiger partial charge is 0.449 e. The molecular weight excluding hydrogens is 436 g/mol. The first-order chi connectivity index (χ1) is 16.1. The van der Waals surface area contributed by atoms with E-state index in [-0.39, 0.29) is 18.0 Å². The highest BCUT2D eigenvalue weighted by Gasteiger charge is 2.28. The fourth-order valence-electron chi connectivity index (χ4n) is 3.85. The molecule has 1 aliphatic rings. The van der Waals surface area contributed by atoms with Crippen molar-refractivity contribution in [2.24, 2.45) is 0 Å². The predicted molar refractivity (Wildman–Crippen MR) is 130 cm³/mol. The summed E-state index contributed by atoms with van der Waals surface area (Å²) in [6.07, 6.45) is 2.65. The normalized spacial score (nSPS) is 14.4. The van der Waals surface area contributed by atoms with Gasteiger partial charge in [0.2, 0.25) is 0 Å². The summed E-state index contributed by atoms with van der Waals surface area (Å²) in [5, 5.41) is 2.92. The number of anilines is 2. The third kappa shape index (κ3) is 6.30. The molecule has 0 bridgehead atoms. The highest BCUT2D eigenvalue weighted by Crippen LogP contribution is 2.26. The van der Waals surface area contributed by atoms with Crippen molar-refractivity contribution < 1.29 is 23.9 Å². The highest BCUT2D eigenvalue weighted by molar-refractivity contribution is 6.03. The molecule has 1 aromatic carbocycles. The number of carbonyl (C=O) groups excluding carboxylic acids is 3. The molecule has 1 aromatic heterocycles. The molecule has 0 spiro atoms. The Bertz CT molecular complexity index is 1000. The third-order valence-electron chi connectivity index (χ3n) is 5.58. The second-order valence-electron chi connectivity index (χ2n) is 9.26. The Kier molecular flexibility index (Phi) is 7.86. The number of nitrogens with one attached hydrogen (secondary N) is 1. The first kappa shape index (κ1) is 25.1. The van der Waals surface area contributed by atoms with Crippen molar-refractivity contribution in [1.29, 1.82) is 0 Å². The van der Waals surface area contributed by atoms with Crippen molar-refractivity contribution in [3.63, 3.8) is 0 Å². The van der Waals surface area contributed by atoms with Gasteiger partial charge in [0.15, 0.2) is 0 Å². The van der Waals surface area contributed by atoms with Crippen molar-refractivity contribution >= 4 is 29.5 Å². The summed E-state index contributed by atoms with van der Waals surface area (Å²) in [6, 6.07) is 10.8. The van der Waals surface area contributed by atoms with Gasteiger partial charge in [-0.1, -0.05) is 0 Å². The van der Waals surface area contributed by atoms with Crippen LogP contribution in [-0.2, 0) is 9.47 Å². The van der Waals surface area contributed by atoms with Crippen molar-refractivity contribution in [3.8, 4) is 0 Å². The van der Waals surface area contributed by atoms with Gasteiger partial charge in [0, 0.05) is 43.8 Å². The molecule has 3 rings (SSSR count). The Labute approximate surface area is 200 Å². The van der Waals surface area contributed by atoms with Gasteiger partial charge >= 0.3 is 12.2 Å². The number of rotatable bonds is 5. The molecule has 2 aromatic rings. The predicted octanol–water partition coefficient (Wildman–Crippen LogP) is 4.91. The van der Waals surface area contributed by atoms with E-state index < -0.39 is 11.7 Å². The SMILES string of the molecule is CCOC(=O)N(C)c1ccc(NC(=O)c2cccn2C2CCN(C(=O)OC(C)(C)C)CC2)cc1. The van der Waals surface area contributed by atoms with Crippen LogP contribution >= 0.6 is 0 Å². The van der Waals surface area contributed by atoms with Gasteiger partial charge in [-0.3, -0.25) is 9.69 Å². The van der Waals surface area contributed by atoms with Crippen LogP contribution in [0.3, 0.4) is 0 Å². The van der Waals surface area contributed by atoms with Gasteiger partial charge in [-0.25, -0.2) is 9.59 Å². The summed E-state index contributed by atoms with van der Waals surface area (Å²) in [5.74, 6) is -0.217. The van der Waals surface area contributed by atoms with Crippen LogP contribution < -0.4 is 10.2 Å². The lowest BCUT2D eigenvalue weighted by Crippen LogP contribution is -2.42. The molecule has 1 N–H and O–H groups in total. The molecule has 2 heterocycles. The molecule has 184 valence electrons. The molecular formula is C25H34N4O5. The van der Waals surface area contributed by atoms with E-state index in [1.165, 1.54) is 4.90 Å². The number of hydrogen-bond donors (Lipinski definition) is 1. The average molecular weight is 471 g/mol. The van der Waals surface area contributed by atoms with E-state index >= 15 is 0 Å². The Morgan fingerprint density at radius 3 is 2.32 bits per heavy atom. The second kappa shape index (κ2) is 10.6. The van der Waals surface area contributed by atoms with Gasteiger partial charge in [0.1, 0.15) is 11.3 Å². The van der Waals surface area contributed by atoms with Crippen LogP contribution in [0.2, 0.25) is 0 Å². The van der Waals surface area contributed by atoms with E-state index in [1.807, 2.05) is 37.6 Å². The van der Waals surface area contributed by atoms with E-state index in [2.05, 4.69) is 5.32 Å². The lowest BCUT2D eigenvalue weighted by Gasteiger charge is -2.34. The van der Waals surface area contributed by atoms with Crippen LogP contribution in [0.15, 0.2) is 42.6 Å². The standard InChI is InChI=1S/C25H34N4O5/c1-6-33-23(31)27(5)19-11-9-18(10-12-19)26-22(30)21-8-7-15-29(21)20-13-16-28(17-14-20)24(32)34-25(2,3)4/h7-12,15,20H,6,13-14,16-17H2,1-5H3,(H,26,30). The minimum Gasteiger partial charge on any atom is -0.449 e. The van der Waals surface area contributed by atoms with Crippen LogP contribution in [0.5, 0.6) is 0 Å². The number of nitrogens with zero attached hydrogens (tertiary/aromatic N) is 3. The van der Waals surface area contributed by atoms with Gasteiger partial charge in [-0.2, -0.15) is 0 Å². The Morgan fingerprint density at radius 2 is 1.74 bits per heavy atom. The van der Waals surface area contributed by atoms with E-state index in [9.17, 15) is 14.4 Å². The second-order valence-corrected chi connectivity index (χ2v) is 9.26. The summed E-state index contributed by atoms with van der Waals surface area (Å²) >= 11 is 0. The Hall–Kier alpha value is -3.49. The van der Waals surface area contributed by atoms with Gasteiger partial charge in [-0.05, 0) is 76.9 Å². The average Bonchev–Trinajstić information content (AvgIpc) is 3.28. The molecule has 0 atom stereocenters. The minimum atomic E-state index is -0.522. The quantitative estimate of drug-likeness (QED) is 0.671. The number of amides is 3. The maximum absolute atomic E-state index is 13.0. The molecule has 0 unspecified atom stereocenters. The molecule has 1 fully saturated rings. The van der Waals surface area contributed by atoms with E-state index in [0.717, 1.165) is 12.8 Å². The molecule has 3 amide bonds. The smallest absolute Gasteiger partial charge is 0.413 e. The molecule has 34 heavy (non-hydrogen) atoms. The highest BCUT2D eigenvalue weighted by atomic mass is 16.6. The number of aromatic nitrogens is 1. The number of piperidine rings is 1. The number of benzene rings is 1. The number of carbonyl (C=O) groups is 3. The molecule has 1 aliphatic heterocycles. The van der Waals surface area contributed by atoms with Crippen molar-refractivity contribution in [3.05, 3.63) is 48.3 Å². The molecule has 0 saturated carbocycles. The molecule has 0 aliphatic carbocycles. The number of ether oxygens (including phenoxy) is 2. The monoisotopic (exact) mass is 470 g/mol. The summed E-state index contributed by atoms with van der Waals surface area (Å²) in [7, 11) is 1.63. The Balaban J connectivity index is 1.60. The lowest BCUT2D eigenvalue weighted by atomic mass is 10.0. The van der Waals surface area contributed by atoms with Crippen LogP contribution in [0, 0.1) is 0 Å².